The maximum absolute atomic E-state index is 13.5. The van der Waals surface area contributed by atoms with E-state index in [4.69, 9.17) is 0 Å². The average Bonchev–Trinajstić information content (AvgIpc) is 3.13. The highest BCUT2D eigenvalue weighted by molar-refractivity contribution is 5.33. The Balaban J connectivity index is 1.76. The molecule has 3 atom stereocenters. The second-order valence-corrected chi connectivity index (χ2v) is 6.45. The van der Waals surface area contributed by atoms with Crippen LogP contribution in [0.3, 0.4) is 0 Å². The van der Waals surface area contributed by atoms with Crippen LogP contribution in [0.15, 0.2) is 24.3 Å². The molecule has 0 bridgehead atoms. The Kier molecular flexibility index (Phi) is 3.05. The van der Waals surface area contributed by atoms with Crippen molar-refractivity contribution in [2.75, 3.05) is 0 Å². The minimum Gasteiger partial charge on any atom is -0.217 e. The number of hydrogen-bond acceptors (Lipinski definition) is 2. The van der Waals surface area contributed by atoms with Crippen molar-refractivity contribution in [3.63, 3.8) is 0 Å². The van der Waals surface area contributed by atoms with E-state index in [0.29, 0.717) is 5.92 Å². The van der Waals surface area contributed by atoms with E-state index in [0.717, 1.165) is 29.2 Å². The first-order valence-electron chi connectivity index (χ1n) is 7.92. The topological polar surface area (TPSA) is 30.7 Å². The fraction of sp³-hybridized carbons (Fsp3) is 0.529. The largest absolute Gasteiger partial charge is 0.217 e. The van der Waals surface area contributed by atoms with E-state index >= 15 is 0 Å². The highest BCUT2D eigenvalue weighted by Crippen LogP contribution is 2.51. The molecule has 2 fully saturated rings. The molecular formula is C17H20FN3. The summed E-state index contributed by atoms with van der Waals surface area (Å²) < 4.78 is 15.4. The number of benzene rings is 1. The molecular weight excluding hydrogens is 265 g/mol. The van der Waals surface area contributed by atoms with Gasteiger partial charge in [-0.15, -0.1) is 0 Å². The van der Waals surface area contributed by atoms with Gasteiger partial charge in [0.25, 0.3) is 0 Å². The first-order valence-corrected chi connectivity index (χ1v) is 7.92. The monoisotopic (exact) mass is 285 g/mol. The minimum absolute atomic E-state index is 0.225. The van der Waals surface area contributed by atoms with Gasteiger partial charge in [-0.3, -0.25) is 0 Å². The zero-order valence-corrected chi connectivity index (χ0v) is 12.3. The van der Waals surface area contributed by atoms with Crippen molar-refractivity contribution in [1.82, 2.24) is 14.8 Å². The number of nitrogens with zero attached hydrogens (tertiary/aromatic N) is 3. The van der Waals surface area contributed by atoms with Gasteiger partial charge in [0.05, 0.1) is 5.69 Å². The van der Waals surface area contributed by atoms with Crippen LogP contribution in [0.2, 0.25) is 0 Å². The number of aromatic nitrogens is 3. The third-order valence-corrected chi connectivity index (χ3v) is 5.21. The Morgan fingerprint density at radius 2 is 2.10 bits per heavy atom. The number of aryl methyl sites for hydroxylation is 1. The average molecular weight is 285 g/mol. The summed E-state index contributed by atoms with van der Waals surface area (Å²) in [5.41, 5.74) is 0.784. The van der Waals surface area contributed by atoms with Crippen LogP contribution >= 0.6 is 0 Å². The van der Waals surface area contributed by atoms with Crippen molar-refractivity contribution >= 4 is 0 Å². The standard InChI is InChI=1S/C17H20FN3/c1-11-19-17(16-9-8-12-4-2-7-15(12)16)21(20-11)14-6-3-5-13(18)10-14/h3,5-6,10,12,15-16H,2,4,7-9H2,1H3/t12-,15-,16-/m0/s1. The summed E-state index contributed by atoms with van der Waals surface area (Å²) in [6, 6.07) is 6.65. The first kappa shape index (κ1) is 13.0. The summed E-state index contributed by atoms with van der Waals surface area (Å²) in [4.78, 5) is 4.69. The molecule has 0 spiro atoms. The molecule has 2 saturated carbocycles. The fourth-order valence-electron chi connectivity index (χ4n) is 4.35. The molecule has 2 aliphatic carbocycles. The van der Waals surface area contributed by atoms with Crippen molar-refractivity contribution in [2.45, 2.75) is 44.9 Å². The normalized spacial score (nSPS) is 28.0. The van der Waals surface area contributed by atoms with Gasteiger partial charge in [-0.2, -0.15) is 5.10 Å². The highest BCUT2D eigenvalue weighted by atomic mass is 19.1. The van der Waals surface area contributed by atoms with E-state index in [2.05, 4.69) is 10.1 Å². The molecule has 0 radical (unpaired) electrons. The third-order valence-electron chi connectivity index (χ3n) is 5.21. The lowest BCUT2D eigenvalue weighted by Gasteiger charge is -2.18. The fourth-order valence-corrected chi connectivity index (χ4v) is 4.35. The SMILES string of the molecule is Cc1nc([C@H]2CC[C@@H]3CCC[C@@H]32)n(-c2cccc(F)c2)n1. The quantitative estimate of drug-likeness (QED) is 0.834. The summed E-state index contributed by atoms with van der Waals surface area (Å²) in [5.74, 6) is 3.69. The van der Waals surface area contributed by atoms with Gasteiger partial charge in [-0.1, -0.05) is 18.9 Å². The van der Waals surface area contributed by atoms with Crippen LogP contribution in [0, 0.1) is 24.6 Å². The lowest BCUT2D eigenvalue weighted by Crippen LogP contribution is -2.14. The number of hydrogen-bond donors (Lipinski definition) is 0. The summed E-state index contributed by atoms with van der Waals surface area (Å²) >= 11 is 0. The van der Waals surface area contributed by atoms with Crippen molar-refractivity contribution in [1.29, 1.82) is 0 Å². The summed E-state index contributed by atoms with van der Waals surface area (Å²) in [7, 11) is 0. The molecule has 0 N–H and O–H groups in total. The van der Waals surface area contributed by atoms with Crippen LogP contribution in [-0.2, 0) is 0 Å². The van der Waals surface area contributed by atoms with Crippen molar-refractivity contribution in [2.24, 2.45) is 11.8 Å². The maximum atomic E-state index is 13.5. The van der Waals surface area contributed by atoms with Gasteiger partial charge in [0, 0.05) is 5.92 Å². The van der Waals surface area contributed by atoms with Crippen LogP contribution in [0.5, 0.6) is 0 Å². The van der Waals surface area contributed by atoms with Crippen LogP contribution < -0.4 is 0 Å². The molecule has 3 nitrogen and oxygen atoms in total. The van der Waals surface area contributed by atoms with Crippen LogP contribution in [0.4, 0.5) is 4.39 Å². The van der Waals surface area contributed by atoms with Crippen LogP contribution in [0.25, 0.3) is 5.69 Å². The number of rotatable bonds is 2. The molecule has 21 heavy (non-hydrogen) atoms. The van der Waals surface area contributed by atoms with E-state index in [1.54, 1.807) is 12.1 Å². The van der Waals surface area contributed by atoms with Crippen LogP contribution in [-0.4, -0.2) is 14.8 Å². The molecule has 2 aliphatic rings. The number of halogens is 1. The molecule has 4 heteroatoms. The maximum Gasteiger partial charge on any atom is 0.148 e. The smallest absolute Gasteiger partial charge is 0.148 e. The summed E-state index contributed by atoms with van der Waals surface area (Å²) in [6.07, 6.45) is 6.53. The van der Waals surface area contributed by atoms with E-state index in [9.17, 15) is 4.39 Å². The van der Waals surface area contributed by atoms with Crippen molar-refractivity contribution in [3.8, 4) is 5.69 Å². The Morgan fingerprint density at radius 3 is 2.95 bits per heavy atom. The summed E-state index contributed by atoms with van der Waals surface area (Å²) in [6.45, 7) is 1.92. The second-order valence-electron chi connectivity index (χ2n) is 6.45. The Hall–Kier alpha value is -1.71. The third kappa shape index (κ3) is 2.17. The summed E-state index contributed by atoms with van der Waals surface area (Å²) in [5, 5.41) is 4.52. The van der Waals surface area contributed by atoms with Crippen molar-refractivity contribution in [3.05, 3.63) is 41.7 Å². The van der Waals surface area contributed by atoms with Gasteiger partial charge in [-0.25, -0.2) is 14.1 Å². The highest BCUT2D eigenvalue weighted by Gasteiger charge is 2.42. The predicted octanol–water partition coefficient (Wildman–Crippen LogP) is 4.01. The Bertz CT molecular complexity index is 664. The zero-order chi connectivity index (χ0) is 14.4. The molecule has 2 aromatic rings. The second kappa shape index (κ2) is 4.93. The molecule has 1 aromatic heterocycles. The Labute approximate surface area is 124 Å². The van der Waals surface area contributed by atoms with Gasteiger partial charge in [0.15, 0.2) is 0 Å². The molecule has 0 unspecified atom stereocenters. The van der Waals surface area contributed by atoms with Gasteiger partial charge in [-0.05, 0) is 56.2 Å². The molecule has 0 saturated heterocycles. The van der Waals surface area contributed by atoms with Crippen molar-refractivity contribution < 1.29 is 4.39 Å². The lowest BCUT2D eigenvalue weighted by molar-refractivity contribution is 0.407. The van der Waals surface area contributed by atoms with Gasteiger partial charge >= 0.3 is 0 Å². The van der Waals surface area contributed by atoms with Gasteiger partial charge in [0.2, 0.25) is 0 Å². The van der Waals surface area contributed by atoms with E-state index < -0.39 is 0 Å². The molecule has 110 valence electrons. The predicted molar refractivity (Wildman–Crippen MR) is 78.9 cm³/mol. The lowest BCUT2D eigenvalue weighted by atomic mass is 9.91. The number of fused-ring (bicyclic) bond motifs is 1. The zero-order valence-electron chi connectivity index (χ0n) is 12.3. The van der Waals surface area contributed by atoms with Gasteiger partial charge in [0.1, 0.15) is 17.5 Å². The van der Waals surface area contributed by atoms with E-state index in [1.807, 2.05) is 17.7 Å². The molecule has 1 aromatic carbocycles. The molecule has 0 aliphatic heterocycles. The molecule has 0 amide bonds. The molecule has 1 heterocycles. The minimum atomic E-state index is -0.225. The first-order chi connectivity index (χ1) is 10.2. The molecule has 4 rings (SSSR count). The van der Waals surface area contributed by atoms with Crippen LogP contribution in [0.1, 0.15) is 49.7 Å². The van der Waals surface area contributed by atoms with E-state index in [1.165, 1.54) is 38.2 Å². The Morgan fingerprint density at radius 1 is 1.19 bits per heavy atom. The van der Waals surface area contributed by atoms with Gasteiger partial charge < -0.3 is 0 Å². The van der Waals surface area contributed by atoms with E-state index in [-0.39, 0.29) is 5.82 Å².